The second-order valence-corrected chi connectivity index (χ2v) is 5.30. The van der Waals surface area contributed by atoms with Crippen LogP contribution in [0.5, 0.6) is 0 Å². The number of pyridine rings is 1. The molecular weight excluding hydrogens is 280 g/mol. The maximum Gasteiger partial charge on any atom is 0.251 e. The Bertz CT molecular complexity index is 381. The van der Waals surface area contributed by atoms with Crippen molar-refractivity contribution in [2.24, 2.45) is 5.92 Å². The molecule has 0 aliphatic rings. The van der Waals surface area contributed by atoms with Crippen LogP contribution in [0.25, 0.3) is 0 Å². The smallest absolute Gasteiger partial charge is 0.251 e. The van der Waals surface area contributed by atoms with Crippen molar-refractivity contribution in [2.45, 2.75) is 39.7 Å². The van der Waals surface area contributed by atoms with Crippen molar-refractivity contribution in [1.82, 2.24) is 10.3 Å². The molecule has 1 aromatic heterocycles. The standard InChI is InChI=1S/C13H19BrN2O/c1-4-9(2)7-10(3)16-13(17)11-5-6-15-12(14)8-11/h5-6,8-10H,4,7H2,1-3H3,(H,16,17). The van der Waals surface area contributed by atoms with E-state index in [-0.39, 0.29) is 11.9 Å². The van der Waals surface area contributed by atoms with E-state index in [9.17, 15) is 4.79 Å². The van der Waals surface area contributed by atoms with Crippen molar-refractivity contribution in [3.63, 3.8) is 0 Å². The molecule has 1 heterocycles. The lowest BCUT2D eigenvalue weighted by molar-refractivity contribution is 0.0935. The van der Waals surface area contributed by atoms with Gasteiger partial charge >= 0.3 is 0 Å². The second kappa shape index (κ2) is 6.74. The maximum atomic E-state index is 11.9. The average Bonchev–Trinajstić information content (AvgIpc) is 2.28. The van der Waals surface area contributed by atoms with Gasteiger partial charge in [0.2, 0.25) is 0 Å². The van der Waals surface area contributed by atoms with E-state index in [2.05, 4.69) is 40.1 Å². The predicted octanol–water partition coefficient (Wildman–Crippen LogP) is 3.40. The lowest BCUT2D eigenvalue weighted by atomic mass is 10.0. The average molecular weight is 299 g/mol. The summed E-state index contributed by atoms with van der Waals surface area (Å²) in [7, 11) is 0. The topological polar surface area (TPSA) is 42.0 Å². The third-order valence-electron chi connectivity index (χ3n) is 2.82. The fourth-order valence-electron chi connectivity index (χ4n) is 1.68. The first-order valence-electron chi connectivity index (χ1n) is 5.95. The number of carbonyl (C=O) groups excluding carboxylic acids is 1. The molecule has 94 valence electrons. The highest BCUT2D eigenvalue weighted by atomic mass is 79.9. The van der Waals surface area contributed by atoms with Crippen LogP contribution in [0.15, 0.2) is 22.9 Å². The van der Waals surface area contributed by atoms with E-state index >= 15 is 0 Å². The van der Waals surface area contributed by atoms with Crippen LogP contribution >= 0.6 is 15.9 Å². The van der Waals surface area contributed by atoms with Crippen LogP contribution in [0.4, 0.5) is 0 Å². The first-order valence-corrected chi connectivity index (χ1v) is 6.74. The zero-order valence-electron chi connectivity index (χ0n) is 10.5. The highest BCUT2D eigenvalue weighted by molar-refractivity contribution is 9.10. The molecule has 0 spiro atoms. The summed E-state index contributed by atoms with van der Waals surface area (Å²) < 4.78 is 0.680. The third-order valence-corrected chi connectivity index (χ3v) is 3.25. The molecule has 4 heteroatoms. The van der Waals surface area contributed by atoms with E-state index in [1.807, 2.05) is 6.92 Å². The minimum absolute atomic E-state index is 0.0381. The van der Waals surface area contributed by atoms with E-state index in [4.69, 9.17) is 0 Å². The monoisotopic (exact) mass is 298 g/mol. The molecule has 0 fully saturated rings. The summed E-state index contributed by atoms with van der Waals surface area (Å²) >= 11 is 3.26. The molecule has 0 saturated carbocycles. The quantitative estimate of drug-likeness (QED) is 0.847. The van der Waals surface area contributed by atoms with E-state index in [0.717, 1.165) is 12.8 Å². The minimum Gasteiger partial charge on any atom is -0.350 e. The van der Waals surface area contributed by atoms with Gasteiger partial charge in [-0.3, -0.25) is 4.79 Å². The molecule has 1 aromatic rings. The zero-order valence-corrected chi connectivity index (χ0v) is 12.1. The summed E-state index contributed by atoms with van der Waals surface area (Å²) in [6.45, 7) is 6.41. The normalized spacial score (nSPS) is 14.1. The fourth-order valence-corrected chi connectivity index (χ4v) is 2.04. The highest BCUT2D eigenvalue weighted by Gasteiger charge is 2.12. The van der Waals surface area contributed by atoms with Gasteiger partial charge in [0.05, 0.1) is 0 Å². The molecule has 0 radical (unpaired) electrons. The number of aromatic nitrogens is 1. The molecule has 0 aliphatic carbocycles. The van der Waals surface area contributed by atoms with Crippen LogP contribution in [0, 0.1) is 5.92 Å². The van der Waals surface area contributed by atoms with Crippen molar-refractivity contribution >= 4 is 21.8 Å². The van der Waals surface area contributed by atoms with Crippen molar-refractivity contribution < 1.29 is 4.79 Å². The van der Waals surface area contributed by atoms with Crippen LogP contribution < -0.4 is 5.32 Å². The number of nitrogens with zero attached hydrogens (tertiary/aromatic N) is 1. The van der Waals surface area contributed by atoms with Crippen molar-refractivity contribution in [2.75, 3.05) is 0 Å². The molecule has 1 rings (SSSR count). The van der Waals surface area contributed by atoms with Gasteiger partial charge in [0.15, 0.2) is 0 Å². The molecule has 2 atom stereocenters. The van der Waals surface area contributed by atoms with Gasteiger partial charge in [-0.05, 0) is 47.3 Å². The van der Waals surface area contributed by atoms with Crippen LogP contribution in [0.2, 0.25) is 0 Å². The van der Waals surface area contributed by atoms with E-state index in [1.54, 1.807) is 18.3 Å². The predicted molar refractivity (Wildman–Crippen MR) is 72.9 cm³/mol. The van der Waals surface area contributed by atoms with Gasteiger partial charge < -0.3 is 5.32 Å². The molecule has 2 unspecified atom stereocenters. The van der Waals surface area contributed by atoms with Crippen molar-refractivity contribution in [3.05, 3.63) is 28.5 Å². The highest BCUT2D eigenvalue weighted by Crippen LogP contribution is 2.11. The molecular formula is C13H19BrN2O. The summed E-state index contributed by atoms with van der Waals surface area (Å²) in [4.78, 5) is 15.9. The van der Waals surface area contributed by atoms with Crippen LogP contribution in [-0.2, 0) is 0 Å². The Morgan fingerprint density at radius 1 is 1.53 bits per heavy atom. The van der Waals surface area contributed by atoms with Gasteiger partial charge in [-0.25, -0.2) is 4.98 Å². The number of hydrogen-bond acceptors (Lipinski definition) is 2. The first kappa shape index (κ1) is 14.2. The Morgan fingerprint density at radius 2 is 2.24 bits per heavy atom. The van der Waals surface area contributed by atoms with E-state index in [0.29, 0.717) is 16.1 Å². The van der Waals surface area contributed by atoms with Gasteiger partial charge in [0.25, 0.3) is 5.91 Å². The number of halogens is 1. The molecule has 0 aliphatic heterocycles. The molecule has 0 saturated heterocycles. The largest absolute Gasteiger partial charge is 0.350 e. The van der Waals surface area contributed by atoms with Crippen molar-refractivity contribution in [1.29, 1.82) is 0 Å². The van der Waals surface area contributed by atoms with Crippen LogP contribution in [0.1, 0.15) is 44.0 Å². The SMILES string of the molecule is CCC(C)CC(C)NC(=O)c1ccnc(Br)c1. The maximum absolute atomic E-state index is 11.9. The molecule has 1 amide bonds. The fraction of sp³-hybridized carbons (Fsp3) is 0.538. The zero-order chi connectivity index (χ0) is 12.8. The van der Waals surface area contributed by atoms with Crippen LogP contribution in [0.3, 0.4) is 0 Å². The molecule has 0 bridgehead atoms. The Labute approximate surface area is 111 Å². The number of hydrogen-bond donors (Lipinski definition) is 1. The van der Waals surface area contributed by atoms with E-state index < -0.39 is 0 Å². The molecule has 0 aromatic carbocycles. The Balaban J connectivity index is 2.54. The number of carbonyl (C=O) groups is 1. The molecule has 17 heavy (non-hydrogen) atoms. The molecule has 1 N–H and O–H groups in total. The number of rotatable bonds is 5. The Morgan fingerprint density at radius 3 is 2.82 bits per heavy atom. The number of amides is 1. The van der Waals surface area contributed by atoms with E-state index in [1.165, 1.54) is 0 Å². The summed E-state index contributed by atoms with van der Waals surface area (Å²) in [5.41, 5.74) is 0.642. The Hall–Kier alpha value is -0.900. The van der Waals surface area contributed by atoms with Gasteiger partial charge in [-0.2, -0.15) is 0 Å². The molecule has 3 nitrogen and oxygen atoms in total. The third kappa shape index (κ3) is 4.86. The summed E-state index contributed by atoms with van der Waals surface area (Å²) in [6, 6.07) is 3.64. The van der Waals surface area contributed by atoms with Crippen LogP contribution in [-0.4, -0.2) is 16.9 Å². The van der Waals surface area contributed by atoms with Gasteiger partial charge in [0.1, 0.15) is 4.60 Å². The second-order valence-electron chi connectivity index (χ2n) is 4.49. The Kier molecular flexibility index (Phi) is 5.62. The van der Waals surface area contributed by atoms with Gasteiger partial charge in [-0.15, -0.1) is 0 Å². The summed E-state index contributed by atoms with van der Waals surface area (Å²) in [5, 5.41) is 3.00. The summed E-state index contributed by atoms with van der Waals surface area (Å²) in [5.74, 6) is 0.596. The number of nitrogens with one attached hydrogen (secondary N) is 1. The lowest BCUT2D eigenvalue weighted by Gasteiger charge is -2.17. The van der Waals surface area contributed by atoms with Gasteiger partial charge in [0, 0.05) is 17.8 Å². The van der Waals surface area contributed by atoms with Crippen molar-refractivity contribution in [3.8, 4) is 0 Å². The lowest BCUT2D eigenvalue weighted by Crippen LogP contribution is -2.33. The first-order chi connectivity index (χ1) is 8.02. The summed E-state index contributed by atoms with van der Waals surface area (Å²) in [6.07, 6.45) is 3.77. The minimum atomic E-state index is -0.0381. The van der Waals surface area contributed by atoms with Gasteiger partial charge in [-0.1, -0.05) is 20.3 Å².